The molecule has 6 nitrogen and oxygen atoms in total. The van der Waals surface area contributed by atoms with Crippen LogP contribution in [0.15, 0.2) is 6.33 Å². The summed E-state index contributed by atoms with van der Waals surface area (Å²) in [5.74, 6) is 1.20. The largest absolute Gasteiger partial charge is 0.395 e. The third-order valence-corrected chi connectivity index (χ3v) is 5.27. The van der Waals surface area contributed by atoms with Crippen LogP contribution in [0.2, 0.25) is 0 Å². The standard InChI is InChI=1S/C14H17N5OS/c1-8-3-2-4-9-10(8)11-12-16-7-17-19(12)14(15-5-6-20)18-13(11)21-9/h7-8,20H,2-6H2,1H3,(H,15,18). The van der Waals surface area contributed by atoms with Crippen LogP contribution in [0.5, 0.6) is 0 Å². The van der Waals surface area contributed by atoms with E-state index < -0.39 is 0 Å². The Balaban J connectivity index is 2.01. The van der Waals surface area contributed by atoms with E-state index in [-0.39, 0.29) is 6.61 Å². The van der Waals surface area contributed by atoms with Gasteiger partial charge in [0, 0.05) is 11.4 Å². The topological polar surface area (TPSA) is 75.3 Å². The van der Waals surface area contributed by atoms with Gasteiger partial charge < -0.3 is 10.4 Å². The van der Waals surface area contributed by atoms with Crippen molar-refractivity contribution in [2.75, 3.05) is 18.5 Å². The minimum absolute atomic E-state index is 0.0634. The van der Waals surface area contributed by atoms with Gasteiger partial charge in [0.05, 0.1) is 12.0 Å². The number of fused-ring (bicyclic) bond motifs is 5. The van der Waals surface area contributed by atoms with Crippen molar-refractivity contribution in [2.24, 2.45) is 0 Å². The highest BCUT2D eigenvalue weighted by Gasteiger charge is 2.25. The Labute approximate surface area is 125 Å². The van der Waals surface area contributed by atoms with Crippen LogP contribution in [0.1, 0.15) is 36.1 Å². The molecule has 0 aromatic carbocycles. The van der Waals surface area contributed by atoms with Gasteiger partial charge >= 0.3 is 0 Å². The second-order valence-electron chi connectivity index (χ2n) is 5.49. The van der Waals surface area contributed by atoms with Crippen molar-refractivity contribution in [2.45, 2.75) is 32.1 Å². The number of hydrogen-bond donors (Lipinski definition) is 2. The third-order valence-electron chi connectivity index (χ3n) is 4.11. The molecule has 0 aliphatic heterocycles. The summed E-state index contributed by atoms with van der Waals surface area (Å²) < 4.78 is 1.74. The van der Waals surface area contributed by atoms with E-state index in [1.54, 1.807) is 22.2 Å². The first-order chi connectivity index (χ1) is 10.3. The molecule has 7 heteroatoms. The molecule has 0 spiro atoms. The molecule has 0 amide bonds. The molecule has 0 fully saturated rings. The van der Waals surface area contributed by atoms with Crippen LogP contribution < -0.4 is 5.32 Å². The second-order valence-corrected chi connectivity index (χ2v) is 6.58. The Morgan fingerprint density at radius 2 is 2.43 bits per heavy atom. The van der Waals surface area contributed by atoms with Gasteiger partial charge in [-0.2, -0.15) is 9.61 Å². The highest BCUT2D eigenvalue weighted by Crippen LogP contribution is 2.43. The van der Waals surface area contributed by atoms with Gasteiger partial charge in [0.15, 0.2) is 5.65 Å². The zero-order valence-corrected chi connectivity index (χ0v) is 12.7. The summed E-state index contributed by atoms with van der Waals surface area (Å²) in [6.45, 7) is 2.80. The minimum Gasteiger partial charge on any atom is -0.395 e. The monoisotopic (exact) mass is 303 g/mol. The van der Waals surface area contributed by atoms with Crippen molar-refractivity contribution in [3.8, 4) is 0 Å². The van der Waals surface area contributed by atoms with Crippen molar-refractivity contribution in [1.82, 2.24) is 19.6 Å². The summed E-state index contributed by atoms with van der Waals surface area (Å²) in [4.78, 5) is 11.6. The maximum atomic E-state index is 9.00. The van der Waals surface area contributed by atoms with E-state index in [4.69, 9.17) is 10.1 Å². The lowest BCUT2D eigenvalue weighted by Crippen LogP contribution is -2.11. The number of nitrogens with zero attached hydrogens (tertiary/aromatic N) is 4. The Hall–Kier alpha value is -1.73. The number of aliphatic hydroxyl groups is 1. The number of anilines is 1. The summed E-state index contributed by atoms with van der Waals surface area (Å²) in [5.41, 5.74) is 2.28. The van der Waals surface area contributed by atoms with Gasteiger partial charge in [-0.1, -0.05) is 6.92 Å². The van der Waals surface area contributed by atoms with E-state index in [0.717, 1.165) is 22.3 Å². The van der Waals surface area contributed by atoms with Crippen molar-refractivity contribution in [3.05, 3.63) is 16.8 Å². The lowest BCUT2D eigenvalue weighted by molar-refractivity contribution is 0.310. The normalized spacial score (nSPS) is 18.3. The number of rotatable bonds is 3. The van der Waals surface area contributed by atoms with Crippen LogP contribution in [-0.4, -0.2) is 37.8 Å². The fourth-order valence-electron chi connectivity index (χ4n) is 3.18. The molecule has 3 heterocycles. The molecule has 4 rings (SSSR count). The van der Waals surface area contributed by atoms with Crippen LogP contribution in [0, 0.1) is 0 Å². The van der Waals surface area contributed by atoms with Gasteiger partial charge in [0.2, 0.25) is 5.95 Å². The first kappa shape index (κ1) is 13.0. The molecule has 1 aliphatic carbocycles. The van der Waals surface area contributed by atoms with Crippen molar-refractivity contribution >= 4 is 33.1 Å². The van der Waals surface area contributed by atoms with Gasteiger partial charge in [0.1, 0.15) is 11.2 Å². The molecule has 3 aromatic heterocycles. The van der Waals surface area contributed by atoms with Crippen LogP contribution in [0.3, 0.4) is 0 Å². The average molecular weight is 303 g/mol. The molecule has 1 atom stereocenters. The van der Waals surface area contributed by atoms with Gasteiger partial charge in [-0.25, -0.2) is 9.97 Å². The number of thiophene rings is 1. The summed E-state index contributed by atoms with van der Waals surface area (Å²) >= 11 is 1.77. The maximum Gasteiger partial charge on any atom is 0.227 e. The predicted molar refractivity (Wildman–Crippen MR) is 83.1 cm³/mol. The van der Waals surface area contributed by atoms with E-state index in [1.807, 2.05) is 0 Å². The van der Waals surface area contributed by atoms with Gasteiger partial charge in [0.25, 0.3) is 0 Å². The Kier molecular flexibility index (Phi) is 3.04. The van der Waals surface area contributed by atoms with Crippen LogP contribution >= 0.6 is 11.3 Å². The van der Waals surface area contributed by atoms with Crippen molar-refractivity contribution in [3.63, 3.8) is 0 Å². The SMILES string of the molecule is CC1CCCc2sc3nc(NCCO)n4ncnc4c3c21. The lowest BCUT2D eigenvalue weighted by Gasteiger charge is -2.18. The molecule has 3 aromatic rings. The third kappa shape index (κ3) is 1.91. The smallest absolute Gasteiger partial charge is 0.227 e. The van der Waals surface area contributed by atoms with E-state index in [2.05, 4.69) is 22.3 Å². The van der Waals surface area contributed by atoms with Crippen molar-refractivity contribution < 1.29 is 5.11 Å². The van der Waals surface area contributed by atoms with Crippen LogP contribution in [0.4, 0.5) is 5.95 Å². The van der Waals surface area contributed by atoms with Gasteiger partial charge in [-0.05, 0) is 30.7 Å². The number of nitrogens with one attached hydrogen (secondary N) is 1. The molecule has 1 aliphatic rings. The second kappa shape index (κ2) is 4.92. The molecule has 0 saturated heterocycles. The molecule has 2 N–H and O–H groups in total. The first-order valence-corrected chi connectivity index (χ1v) is 8.11. The molecule has 0 bridgehead atoms. The lowest BCUT2D eigenvalue weighted by atomic mass is 9.87. The zero-order chi connectivity index (χ0) is 14.4. The Bertz CT molecular complexity index is 809. The van der Waals surface area contributed by atoms with E-state index in [0.29, 0.717) is 18.4 Å². The molecule has 21 heavy (non-hydrogen) atoms. The number of aromatic nitrogens is 4. The molecular weight excluding hydrogens is 286 g/mol. The first-order valence-electron chi connectivity index (χ1n) is 7.29. The average Bonchev–Trinajstić information content (AvgIpc) is 3.08. The summed E-state index contributed by atoms with van der Waals surface area (Å²) in [7, 11) is 0. The van der Waals surface area contributed by atoms with Gasteiger partial charge in [-0.3, -0.25) is 0 Å². The molecule has 1 unspecified atom stereocenters. The highest BCUT2D eigenvalue weighted by atomic mass is 32.1. The number of hydrogen-bond acceptors (Lipinski definition) is 6. The van der Waals surface area contributed by atoms with E-state index >= 15 is 0 Å². The molecular formula is C14H17N5OS. The predicted octanol–water partition coefficient (Wildman–Crippen LogP) is 2.18. The summed E-state index contributed by atoms with van der Waals surface area (Å²) in [5, 5.41) is 17.6. The summed E-state index contributed by atoms with van der Waals surface area (Å²) in [6, 6.07) is 0. The number of aliphatic hydroxyl groups excluding tert-OH is 1. The van der Waals surface area contributed by atoms with Crippen LogP contribution in [0.25, 0.3) is 15.9 Å². The molecule has 0 saturated carbocycles. The highest BCUT2D eigenvalue weighted by molar-refractivity contribution is 7.19. The Morgan fingerprint density at radius 1 is 1.52 bits per heavy atom. The number of aryl methyl sites for hydroxylation is 1. The quantitative estimate of drug-likeness (QED) is 0.775. The van der Waals surface area contributed by atoms with E-state index in [1.165, 1.54) is 23.3 Å². The van der Waals surface area contributed by atoms with E-state index in [9.17, 15) is 0 Å². The van der Waals surface area contributed by atoms with Gasteiger partial charge in [-0.15, -0.1) is 11.3 Å². The zero-order valence-electron chi connectivity index (χ0n) is 11.8. The minimum atomic E-state index is 0.0634. The fraction of sp³-hybridized carbons (Fsp3) is 0.500. The maximum absolute atomic E-state index is 9.00. The van der Waals surface area contributed by atoms with Crippen molar-refractivity contribution in [1.29, 1.82) is 0 Å². The Morgan fingerprint density at radius 3 is 3.29 bits per heavy atom. The fourth-order valence-corrected chi connectivity index (χ4v) is 4.51. The molecule has 110 valence electrons. The summed E-state index contributed by atoms with van der Waals surface area (Å²) in [6.07, 6.45) is 5.18. The van der Waals surface area contributed by atoms with Crippen LogP contribution in [-0.2, 0) is 6.42 Å². The molecule has 0 radical (unpaired) electrons.